The molecular weight excluding hydrogens is 308 g/mol. The monoisotopic (exact) mass is 332 g/mol. The van der Waals surface area contributed by atoms with Crippen LogP contribution in [0.3, 0.4) is 0 Å². The van der Waals surface area contributed by atoms with E-state index in [4.69, 9.17) is 9.47 Å². The zero-order valence-corrected chi connectivity index (χ0v) is 14.2. The van der Waals surface area contributed by atoms with E-state index in [1.807, 2.05) is 32.2 Å². The minimum atomic E-state index is -0.109. The summed E-state index contributed by atoms with van der Waals surface area (Å²) in [6.45, 7) is 9.14. The molecule has 7 heteroatoms. The van der Waals surface area contributed by atoms with Gasteiger partial charge in [-0.25, -0.2) is 4.98 Å². The number of fused-ring (bicyclic) bond motifs is 1. The number of rotatable bonds is 6. The number of aromatic nitrogens is 2. The second-order valence-corrected chi connectivity index (χ2v) is 5.75. The molecule has 1 aliphatic rings. The molecule has 3 rings (SSSR count). The van der Waals surface area contributed by atoms with E-state index in [0.29, 0.717) is 35.9 Å². The van der Waals surface area contributed by atoms with Crippen LogP contribution in [0.15, 0.2) is 18.3 Å². The number of hydrogen-bond acceptors (Lipinski definition) is 5. The Morgan fingerprint density at radius 1 is 1.42 bits per heavy atom. The van der Waals surface area contributed by atoms with E-state index in [-0.39, 0.29) is 5.91 Å². The SMILES string of the molecule is CCOc1cccn2c(C(=O)NCCN3CCOCC3)c(C)nc12. The molecule has 2 aromatic rings. The first-order valence-corrected chi connectivity index (χ1v) is 8.39. The number of ether oxygens (including phenoxy) is 2. The third-order valence-corrected chi connectivity index (χ3v) is 4.12. The van der Waals surface area contributed by atoms with Crippen molar-refractivity contribution in [3.05, 3.63) is 29.7 Å². The highest BCUT2D eigenvalue weighted by Gasteiger charge is 2.19. The molecule has 3 heterocycles. The van der Waals surface area contributed by atoms with Gasteiger partial charge in [0.15, 0.2) is 11.4 Å². The predicted octanol–water partition coefficient (Wildman–Crippen LogP) is 1.10. The Morgan fingerprint density at radius 3 is 2.96 bits per heavy atom. The summed E-state index contributed by atoms with van der Waals surface area (Å²) < 4.78 is 12.7. The summed E-state index contributed by atoms with van der Waals surface area (Å²) in [6.07, 6.45) is 1.84. The van der Waals surface area contributed by atoms with Crippen LogP contribution < -0.4 is 10.1 Å². The molecule has 0 radical (unpaired) electrons. The lowest BCUT2D eigenvalue weighted by atomic mass is 10.3. The number of carbonyl (C=O) groups is 1. The van der Waals surface area contributed by atoms with Crippen molar-refractivity contribution in [1.29, 1.82) is 0 Å². The molecule has 1 N–H and O–H groups in total. The third-order valence-electron chi connectivity index (χ3n) is 4.12. The van der Waals surface area contributed by atoms with Gasteiger partial charge >= 0.3 is 0 Å². The first-order valence-electron chi connectivity index (χ1n) is 8.39. The Hall–Kier alpha value is -2.12. The van der Waals surface area contributed by atoms with Crippen LogP contribution in [-0.4, -0.2) is 66.2 Å². The maximum absolute atomic E-state index is 12.6. The number of nitrogens with zero attached hydrogens (tertiary/aromatic N) is 3. The minimum Gasteiger partial charge on any atom is -0.490 e. The molecular formula is C17H24N4O3. The van der Waals surface area contributed by atoms with Gasteiger partial charge in [0.05, 0.1) is 25.5 Å². The molecule has 1 fully saturated rings. The second-order valence-electron chi connectivity index (χ2n) is 5.75. The van der Waals surface area contributed by atoms with Gasteiger partial charge < -0.3 is 14.8 Å². The molecule has 7 nitrogen and oxygen atoms in total. The zero-order valence-electron chi connectivity index (χ0n) is 14.2. The number of amides is 1. The lowest BCUT2D eigenvalue weighted by Crippen LogP contribution is -2.41. The Morgan fingerprint density at radius 2 is 2.21 bits per heavy atom. The van der Waals surface area contributed by atoms with Crippen molar-refractivity contribution in [2.75, 3.05) is 46.0 Å². The standard InChI is InChI=1S/C17H24N4O3/c1-3-24-14-5-4-7-21-15(13(2)19-16(14)21)17(22)18-6-8-20-9-11-23-12-10-20/h4-5,7H,3,6,8-12H2,1-2H3,(H,18,22). The van der Waals surface area contributed by atoms with Gasteiger partial charge in [-0.3, -0.25) is 14.1 Å². The number of imidazole rings is 1. The van der Waals surface area contributed by atoms with Gasteiger partial charge in [-0.1, -0.05) is 0 Å². The summed E-state index contributed by atoms with van der Waals surface area (Å²) in [7, 11) is 0. The number of carbonyl (C=O) groups excluding carboxylic acids is 1. The van der Waals surface area contributed by atoms with E-state index in [9.17, 15) is 4.79 Å². The van der Waals surface area contributed by atoms with Crippen LogP contribution in [0.2, 0.25) is 0 Å². The average Bonchev–Trinajstić information content (AvgIpc) is 2.93. The zero-order chi connectivity index (χ0) is 16.9. The van der Waals surface area contributed by atoms with Crippen LogP contribution >= 0.6 is 0 Å². The van der Waals surface area contributed by atoms with Crippen LogP contribution in [0.25, 0.3) is 5.65 Å². The lowest BCUT2D eigenvalue weighted by molar-refractivity contribution is 0.0383. The van der Waals surface area contributed by atoms with Crippen LogP contribution in [0.1, 0.15) is 23.1 Å². The fraction of sp³-hybridized carbons (Fsp3) is 0.529. The maximum atomic E-state index is 12.6. The Labute approximate surface area is 141 Å². The number of aryl methyl sites for hydroxylation is 1. The lowest BCUT2D eigenvalue weighted by Gasteiger charge is -2.26. The summed E-state index contributed by atoms with van der Waals surface area (Å²) in [5, 5.41) is 2.99. The van der Waals surface area contributed by atoms with Crippen molar-refractivity contribution in [2.24, 2.45) is 0 Å². The fourth-order valence-electron chi connectivity index (χ4n) is 2.93. The minimum absolute atomic E-state index is 0.109. The summed E-state index contributed by atoms with van der Waals surface area (Å²) in [5.41, 5.74) is 1.94. The molecule has 1 amide bonds. The Bertz CT molecular complexity index is 707. The van der Waals surface area contributed by atoms with Crippen molar-refractivity contribution in [2.45, 2.75) is 13.8 Å². The summed E-state index contributed by atoms with van der Waals surface area (Å²) in [4.78, 5) is 19.4. The van der Waals surface area contributed by atoms with Crippen LogP contribution in [-0.2, 0) is 4.74 Å². The highest BCUT2D eigenvalue weighted by atomic mass is 16.5. The van der Waals surface area contributed by atoms with E-state index in [2.05, 4.69) is 15.2 Å². The molecule has 0 aromatic carbocycles. The number of morpholine rings is 1. The molecule has 1 saturated heterocycles. The van der Waals surface area contributed by atoms with Gasteiger partial charge in [-0.15, -0.1) is 0 Å². The Kier molecular flexibility index (Phi) is 5.32. The van der Waals surface area contributed by atoms with Gasteiger partial charge in [0.2, 0.25) is 0 Å². The molecule has 130 valence electrons. The molecule has 1 aliphatic heterocycles. The summed E-state index contributed by atoms with van der Waals surface area (Å²) in [5.74, 6) is 0.581. The Balaban J connectivity index is 1.70. The topological polar surface area (TPSA) is 68.1 Å². The van der Waals surface area contributed by atoms with E-state index >= 15 is 0 Å². The molecule has 0 aliphatic carbocycles. The first-order chi connectivity index (χ1) is 11.7. The van der Waals surface area contributed by atoms with Crippen molar-refractivity contribution < 1.29 is 14.3 Å². The maximum Gasteiger partial charge on any atom is 0.270 e. The highest BCUT2D eigenvalue weighted by molar-refractivity contribution is 5.94. The molecule has 24 heavy (non-hydrogen) atoms. The second kappa shape index (κ2) is 7.63. The molecule has 0 spiro atoms. The average molecular weight is 332 g/mol. The van der Waals surface area contributed by atoms with E-state index in [1.165, 1.54) is 0 Å². The van der Waals surface area contributed by atoms with E-state index < -0.39 is 0 Å². The molecule has 0 atom stereocenters. The normalized spacial score (nSPS) is 15.6. The molecule has 2 aromatic heterocycles. The van der Waals surface area contributed by atoms with E-state index in [1.54, 1.807) is 4.40 Å². The van der Waals surface area contributed by atoms with Gasteiger partial charge in [0.25, 0.3) is 5.91 Å². The molecule has 0 unspecified atom stereocenters. The number of nitrogens with one attached hydrogen (secondary N) is 1. The first kappa shape index (κ1) is 16.7. The predicted molar refractivity (Wildman–Crippen MR) is 90.7 cm³/mol. The van der Waals surface area contributed by atoms with Crippen LogP contribution in [0, 0.1) is 6.92 Å². The molecule has 0 saturated carbocycles. The van der Waals surface area contributed by atoms with Crippen molar-refractivity contribution in [3.63, 3.8) is 0 Å². The van der Waals surface area contributed by atoms with Crippen molar-refractivity contribution in [3.8, 4) is 5.75 Å². The van der Waals surface area contributed by atoms with Gasteiger partial charge in [-0.05, 0) is 26.0 Å². The summed E-state index contributed by atoms with van der Waals surface area (Å²) in [6, 6.07) is 3.73. The number of hydrogen-bond donors (Lipinski definition) is 1. The van der Waals surface area contributed by atoms with Crippen molar-refractivity contribution in [1.82, 2.24) is 19.6 Å². The van der Waals surface area contributed by atoms with E-state index in [0.717, 1.165) is 32.8 Å². The van der Waals surface area contributed by atoms with Gasteiger partial charge in [-0.2, -0.15) is 0 Å². The van der Waals surface area contributed by atoms with Crippen LogP contribution in [0.5, 0.6) is 5.75 Å². The largest absolute Gasteiger partial charge is 0.490 e. The highest BCUT2D eigenvalue weighted by Crippen LogP contribution is 2.21. The third kappa shape index (κ3) is 3.52. The van der Waals surface area contributed by atoms with Crippen molar-refractivity contribution >= 4 is 11.6 Å². The molecule has 0 bridgehead atoms. The number of pyridine rings is 1. The summed E-state index contributed by atoms with van der Waals surface area (Å²) >= 11 is 0. The van der Waals surface area contributed by atoms with Gasteiger partial charge in [0.1, 0.15) is 5.69 Å². The quantitative estimate of drug-likeness (QED) is 0.858. The fourth-order valence-corrected chi connectivity index (χ4v) is 2.93. The van der Waals surface area contributed by atoms with Gasteiger partial charge in [0, 0.05) is 32.4 Å². The van der Waals surface area contributed by atoms with Crippen LogP contribution in [0.4, 0.5) is 0 Å². The smallest absolute Gasteiger partial charge is 0.270 e.